The molecule has 3 fully saturated rings. The van der Waals surface area contributed by atoms with Gasteiger partial charge in [0.05, 0.1) is 6.54 Å². The van der Waals surface area contributed by atoms with Gasteiger partial charge < -0.3 is 15.5 Å². The third-order valence-corrected chi connectivity index (χ3v) is 5.98. The molecule has 1 saturated heterocycles. The lowest BCUT2D eigenvalue weighted by Gasteiger charge is -2.41. The zero-order valence-corrected chi connectivity index (χ0v) is 14.2. The first-order valence-corrected chi connectivity index (χ1v) is 9.54. The van der Waals surface area contributed by atoms with Crippen LogP contribution in [0.25, 0.3) is 0 Å². The second-order valence-corrected chi connectivity index (χ2v) is 7.59. The Labute approximate surface area is 139 Å². The third-order valence-electron chi connectivity index (χ3n) is 5.98. The highest BCUT2D eigenvalue weighted by Crippen LogP contribution is 2.35. The molecule has 0 aromatic heterocycles. The van der Waals surface area contributed by atoms with Gasteiger partial charge in [-0.1, -0.05) is 38.5 Å². The Morgan fingerprint density at radius 2 is 1.57 bits per heavy atom. The molecule has 0 aromatic carbocycles. The van der Waals surface area contributed by atoms with E-state index in [1.165, 1.54) is 44.9 Å². The van der Waals surface area contributed by atoms with Crippen LogP contribution >= 0.6 is 0 Å². The fraction of sp³-hybridized carbons (Fsp3) is 0.889. The molecule has 5 heteroatoms. The van der Waals surface area contributed by atoms with Crippen molar-refractivity contribution in [3.05, 3.63) is 0 Å². The molecule has 1 heterocycles. The molecule has 0 aromatic rings. The quantitative estimate of drug-likeness (QED) is 0.839. The number of piperidine rings is 1. The number of urea groups is 1. The second kappa shape index (κ2) is 8.02. The molecule has 0 spiro atoms. The number of hydrogen-bond donors (Lipinski definition) is 2. The van der Waals surface area contributed by atoms with Crippen LogP contribution in [0, 0.1) is 11.8 Å². The number of fused-ring (bicyclic) bond motifs is 1. The van der Waals surface area contributed by atoms with Crippen molar-refractivity contribution in [2.24, 2.45) is 11.8 Å². The molecule has 2 saturated carbocycles. The van der Waals surface area contributed by atoms with Crippen LogP contribution in [0.2, 0.25) is 0 Å². The van der Waals surface area contributed by atoms with E-state index in [9.17, 15) is 9.59 Å². The smallest absolute Gasteiger partial charge is 0.315 e. The van der Waals surface area contributed by atoms with E-state index in [2.05, 4.69) is 10.6 Å². The van der Waals surface area contributed by atoms with E-state index in [4.69, 9.17) is 0 Å². The summed E-state index contributed by atoms with van der Waals surface area (Å²) in [4.78, 5) is 26.3. The summed E-state index contributed by atoms with van der Waals surface area (Å²) >= 11 is 0. The van der Waals surface area contributed by atoms with Crippen LogP contribution in [-0.4, -0.2) is 42.5 Å². The molecule has 1 aliphatic heterocycles. The maximum Gasteiger partial charge on any atom is 0.315 e. The van der Waals surface area contributed by atoms with Crippen LogP contribution < -0.4 is 10.6 Å². The van der Waals surface area contributed by atoms with Crippen molar-refractivity contribution in [2.45, 2.75) is 70.3 Å². The fourth-order valence-electron chi connectivity index (χ4n) is 4.58. The predicted molar refractivity (Wildman–Crippen MR) is 90.1 cm³/mol. The van der Waals surface area contributed by atoms with Gasteiger partial charge in [-0.05, 0) is 37.5 Å². The number of carbonyl (C=O) groups is 2. The van der Waals surface area contributed by atoms with E-state index in [1.54, 1.807) is 0 Å². The van der Waals surface area contributed by atoms with Crippen LogP contribution in [0.1, 0.15) is 64.2 Å². The molecule has 2 unspecified atom stereocenters. The lowest BCUT2D eigenvalue weighted by molar-refractivity contribution is -0.133. The van der Waals surface area contributed by atoms with Gasteiger partial charge in [0, 0.05) is 19.1 Å². The Morgan fingerprint density at radius 1 is 0.870 bits per heavy atom. The van der Waals surface area contributed by atoms with Gasteiger partial charge in [-0.3, -0.25) is 4.79 Å². The van der Waals surface area contributed by atoms with Gasteiger partial charge in [0.2, 0.25) is 5.91 Å². The van der Waals surface area contributed by atoms with Crippen molar-refractivity contribution in [3.63, 3.8) is 0 Å². The minimum absolute atomic E-state index is 0.0767. The topological polar surface area (TPSA) is 61.4 Å². The summed E-state index contributed by atoms with van der Waals surface area (Å²) in [5.41, 5.74) is 0. The van der Waals surface area contributed by atoms with Crippen LogP contribution in [-0.2, 0) is 4.79 Å². The standard InChI is InChI=1S/C18H31N3O2/c22-17(12-19-18(23)20-16-8-2-1-3-9-16)21-11-10-14-6-4-5-7-15(14)13-21/h14-16H,1-13H2,(H2,19,20,23). The summed E-state index contributed by atoms with van der Waals surface area (Å²) in [7, 11) is 0. The summed E-state index contributed by atoms with van der Waals surface area (Å²) in [5, 5.41) is 5.76. The highest BCUT2D eigenvalue weighted by Gasteiger charge is 2.32. The molecule has 130 valence electrons. The van der Waals surface area contributed by atoms with Gasteiger partial charge in [0.15, 0.2) is 0 Å². The second-order valence-electron chi connectivity index (χ2n) is 7.59. The summed E-state index contributed by atoms with van der Waals surface area (Å²) < 4.78 is 0. The number of amides is 3. The molecule has 0 bridgehead atoms. The Morgan fingerprint density at radius 3 is 2.35 bits per heavy atom. The molecule has 2 aliphatic carbocycles. The number of nitrogens with one attached hydrogen (secondary N) is 2. The van der Waals surface area contributed by atoms with Crippen LogP contribution in [0.4, 0.5) is 4.79 Å². The van der Waals surface area contributed by atoms with E-state index in [0.717, 1.165) is 38.3 Å². The molecular formula is C18H31N3O2. The summed E-state index contributed by atoms with van der Waals surface area (Å²) in [6.07, 6.45) is 12.2. The Balaban J connectivity index is 1.37. The maximum atomic E-state index is 12.4. The lowest BCUT2D eigenvalue weighted by Crippen LogP contribution is -2.50. The van der Waals surface area contributed by atoms with Gasteiger partial charge in [-0.2, -0.15) is 0 Å². The molecule has 3 aliphatic rings. The number of carbonyl (C=O) groups excluding carboxylic acids is 2. The number of likely N-dealkylation sites (tertiary alicyclic amines) is 1. The number of rotatable bonds is 3. The van der Waals surface area contributed by atoms with E-state index in [0.29, 0.717) is 5.92 Å². The molecule has 2 atom stereocenters. The number of hydrogen-bond acceptors (Lipinski definition) is 2. The first-order chi connectivity index (χ1) is 11.2. The van der Waals surface area contributed by atoms with Crippen molar-refractivity contribution in [1.82, 2.24) is 15.5 Å². The van der Waals surface area contributed by atoms with Gasteiger partial charge in [-0.15, -0.1) is 0 Å². The molecule has 2 N–H and O–H groups in total. The molecule has 5 nitrogen and oxygen atoms in total. The van der Waals surface area contributed by atoms with E-state index < -0.39 is 0 Å². The highest BCUT2D eigenvalue weighted by atomic mass is 16.2. The molecule has 0 radical (unpaired) electrons. The number of nitrogens with zero attached hydrogens (tertiary/aromatic N) is 1. The minimum Gasteiger partial charge on any atom is -0.341 e. The third kappa shape index (κ3) is 4.61. The van der Waals surface area contributed by atoms with Crippen molar-refractivity contribution < 1.29 is 9.59 Å². The SMILES string of the molecule is O=C(NCC(=O)N1CCC2CCCCC2C1)NC1CCCCC1. The zero-order valence-electron chi connectivity index (χ0n) is 14.2. The van der Waals surface area contributed by atoms with Crippen molar-refractivity contribution in [3.8, 4) is 0 Å². The molecule has 3 amide bonds. The van der Waals surface area contributed by atoms with Gasteiger partial charge in [0.1, 0.15) is 0 Å². The van der Waals surface area contributed by atoms with Crippen molar-refractivity contribution >= 4 is 11.9 Å². The van der Waals surface area contributed by atoms with E-state index >= 15 is 0 Å². The van der Waals surface area contributed by atoms with E-state index in [1.807, 2.05) is 4.90 Å². The summed E-state index contributed by atoms with van der Waals surface area (Å²) in [6, 6.07) is 0.106. The first kappa shape index (κ1) is 16.6. The Hall–Kier alpha value is -1.26. The molecule has 23 heavy (non-hydrogen) atoms. The predicted octanol–water partition coefficient (Wildman–Crippen LogP) is 2.66. The largest absolute Gasteiger partial charge is 0.341 e. The normalized spacial score (nSPS) is 28.8. The summed E-state index contributed by atoms with van der Waals surface area (Å²) in [5.74, 6) is 1.60. The molecular weight excluding hydrogens is 290 g/mol. The molecule has 3 rings (SSSR count). The van der Waals surface area contributed by atoms with Crippen molar-refractivity contribution in [2.75, 3.05) is 19.6 Å². The minimum atomic E-state index is -0.183. The lowest BCUT2D eigenvalue weighted by atomic mass is 9.75. The van der Waals surface area contributed by atoms with Crippen molar-refractivity contribution in [1.29, 1.82) is 0 Å². The Bertz CT molecular complexity index is 420. The first-order valence-electron chi connectivity index (χ1n) is 9.54. The zero-order chi connectivity index (χ0) is 16.1. The summed E-state index contributed by atoms with van der Waals surface area (Å²) in [6.45, 7) is 1.90. The average molecular weight is 321 g/mol. The highest BCUT2D eigenvalue weighted by molar-refractivity contribution is 5.84. The average Bonchev–Trinajstić information content (AvgIpc) is 2.60. The van der Waals surface area contributed by atoms with Gasteiger partial charge >= 0.3 is 6.03 Å². The monoisotopic (exact) mass is 321 g/mol. The maximum absolute atomic E-state index is 12.4. The van der Waals surface area contributed by atoms with E-state index in [-0.39, 0.29) is 24.5 Å². The van der Waals surface area contributed by atoms with Crippen LogP contribution in [0.15, 0.2) is 0 Å². The van der Waals surface area contributed by atoms with Crippen LogP contribution in [0.5, 0.6) is 0 Å². The van der Waals surface area contributed by atoms with Crippen LogP contribution in [0.3, 0.4) is 0 Å². The van der Waals surface area contributed by atoms with Gasteiger partial charge in [-0.25, -0.2) is 4.79 Å². The fourth-order valence-corrected chi connectivity index (χ4v) is 4.58. The van der Waals surface area contributed by atoms with Gasteiger partial charge in [0.25, 0.3) is 0 Å². The Kier molecular flexibility index (Phi) is 5.79.